The number of nitrogens with zero attached hydrogens (tertiary/aromatic N) is 3. The number of carbonyl (C=O) groups excluding carboxylic acids is 1. The van der Waals surface area contributed by atoms with Crippen molar-refractivity contribution < 1.29 is 9.53 Å². The Balaban J connectivity index is 1.34. The predicted octanol–water partition coefficient (Wildman–Crippen LogP) is 4.10. The van der Waals surface area contributed by atoms with Crippen LogP contribution in [0.2, 0.25) is 0 Å². The van der Waals surface area contributed by atoms with Gasteiger partial charge in [-0.05, 0) is 75.9 Å². The lowest BCUT2D eigenvalue weighted by atomic mass is 9.92. The van der Waals surface area contributed by atoms with Crippen LogP contribution in [0, 0.1) is 0 Å². The Bertz CT molecular complexity index is 822. The van der Waals surface area contributed by atoms with Gasteiger partial charge in [0.15, 0.2) is 0 Å². The molecular formula is C21H27N3O2S. The molecule has 27 heavy (non-hydrogen) atoms. The molecule has 2 fully saturated rings. The van der Waals surface area contributed by atoms with Crippen molar-refractivity contribution in [1.29, 1.82) is 0 Å². The summed E-state index contributed by atoms with van der Waals surface area (Å²) in [6, 6.07) is 0.750. The summed E-state index contributed by atoms with van der Waals surface area (Å²) < 4.78 is 6.44. The first-order valence-electron chi connectivity index (χ1n) is 10.4. The standard InChI is InChI=1S/C21H27N3O2S/c25-12-9-14-3-8-17-18(14)19-20(22-13-23-21(19)27-17)26-16-6-4-15(5-7-16)24-10-1-2-11-24/h12-16H,1-11H2/t14-,15-,16-/m1/s1. The minimum Gasteiger partial charge on any atom is -0.474 e. The summed E-state index contributed by atoms with van der Waals surface area (Å²) in [5, 5.41) is 1.09. The van der Waals surface area contributed by atoms with Crippen molar-refractivity contribution >= 4 is 27.8 Å². The van der Waals surface area contributed by atoms with Crippen LogP contribution in [0.3, 0.4) is 0 Å². The molecular weight excluding hydrogens is 358 g/mol. The fourth-order valence-electron chi connectivity index (χ4n) is 5.27. The Labute approximate surface area is 164 Å². The number of hydrogen-bond donors (Lipinski definition) is 0. The molecule has 0 aromatic carbocycles. The lowest BCUT2D eigenvalue weighted by Crippen LogP contribution is -2.38. The maximum Gasteiger partial charge on any atom is 0.225 e. The molecule has 1 atom stereocenters. The molecule has 0 unspecified atom stereocenters. The summed E-state index contributed by atoms with van der Waals surface area (Å²) in [6.45, 7) is 2.56. The van der Waals surface area contributed by atoms with Crippen LogP contribution in [0.15, 0.2) is 6.33 Å². The van der Waals surface area contributed by atoms with Crippen LogP contribution in [-0.4, -0.2) is 46.4 Å². The van der Waals surface area contributed by atoms with Crippen molar-refractivity contribution in [1.82, 2.24) is 14.9 Å². The van der Waals surface area contributed by atoms with Crippen LogP contribution in [0.1, 0.15) is 67.7 Å². The Morgan fingerprint density at radius 2 is 1.96 bits per heavy atom. The first-order valence-corrected chi connectivity index (χ1v) is 11.3. The SMILES string of the molecule is O=CC[C@H]1CCc2sc3ncnc(O[C@H]4CC[C@H](N5CCCC5)CC4)c3c21. The molecule has 1 aliphatic heterocycles. The van der Waals surface area contributed by atoms with E-state index in [0.717, 1.165) is 54.1 Å². The smallest absolute Gasteiger partial charge is 0.225 e. The van der Waals surface area contributed by atoms with Crippen molar-refractivity contribution in [3.05, 3.63) is 16.8 Å². The molecule has 6 heteroatoms. The topological polar surface area (TPSA) is 55.3 Å². The second kappa shape index (κ2) is 7.47. The zero-order valence-electron chi connectivity index (χ0n) is 15.7. The molecule has 0 spiro atoms. The molecule has 0 bridgehead atoms. The van der Waals surface area contributed by atoms with Gasteiger partial charge in [0.25, 0.3) is 0 Å². The number of likely N-dealkylation sites (tertiary alicyclic amines) is 1. The molecule has 144 valence electrons. The third kappa shape index (κ3) is 3.27. The summed E-state index contributed by atoms with van der Waals surface area (Å²) in [4.78, 5) is 25.2. The zero-order valence-corrected chi connectivity index (χ0v) is 16.5. The van der Waals surface area contributed by atoms with E-state index in [-0.39, 0.29) is 6.10 Å². The van der Waals surface area contributed by atoms with E-state index in [1.54, 1.807) is 17.7 Å². The van der Waals surface area contributed by atoms with Gasteiger partial charge >= 0.3 is 0 Å². The molecule has 2 aromatic rings. The van der Waals surface area contributed by atoms with Crippen LogP contribution in [-0.2, 0) is 11.2 Å². The van der Waals surface area contributed by atoms with Gasteiger partial charge in [0.05, 0.1) is 5.39 Å². The van der Waals surface area contributed by atoms with Crippen LogP contribution in [0.25, 0.3) is 10.2 Å². The van der Waals surface area contributed by atoms with Crippen LogP contribution < -0.4 is 4.74 Å². The van der Waals surface area contributed by atoms with Gasteiger partial charge in [0, 0.05) is 17.3 Å². The van der Waals surface area contributed by atoms with Gasteiger partial charge in [-0.1, -0.05) is 0 Å². The molecule has 0 N–H and O–H groups in total. The fourth-order valence-corrected chi connectivity index (χ4v) is 6.51. The number of aryl methyl sites for hydroxylation is 1. The maximum absolute atomic E-state index is 11.1. The minimum atomic E-state index is 0.253. The first kappa shape index (κ1) is 17.6. The molecule has 1 saturated carbocycles. The summed E-state index contributed by atoms with van der Waals surface area (Å²) in [5.41, 5.74) is 1.29. The largest absolute Gasteiger partial charge is 0.474 e. The maximum atomic E-state index is 11.1. The highest BCUT2D eigenvalue weighted by Crippen LogP contribution is 2.47. The van der Waals surface area contributed by atoms with Crippen molar-refractivity contribution in [3.63, 3.8) is 0 Å². The van der Waals surface area contributed by atoms with Crippen LogP contribution in [0.4, 0.5) is 0 Å². The summed E-state index contributed by atoms with van der Waals surface area (Å²) in [7, 11) is 0. The van der Waals surface area contributed by atoms with Gasteiger partial charge in [0.1, 0.15) is 23.5 Å². The Kier molecular flexibility index (Phi) is 4.86. The third-order valence-electron chi connectivity index (χ3n) is 6.66. The Hall–Kier alpha value is -1.53. The molecule has 3 heterocycles. The summed E-state index contributed by atoms with van der Waals surface area (Å²) in [6.07, 6.45) is 13.0. The van der Waals surface area contributed by atoms with E-state index in [0.29, 0.717) is 12.3 Å². The minimum absolute atomic E-state index is 0.253. The van der Waals surface area contributed by atoms with Gasteiger partial charge in [-0.15, -0.1) is 11.3 Å². The second-order valence-electron chi connectivity index (χ2n) is 8.23. The third-order valence-corrected chi connectivity index (χ3v) is 7.83. The van der Waals surface area contributed by atoms with E-state index in [2.05, 4.69) is 14.9 Å². The predicted molar refractivity (Wildman–Crippen MR) is 107 cm³/mol. The monoisotopic (exact) mass is 385 g/mol. The number of fused-ring (bicyclic) bond motifs is 3. The number of hydrogen-bond acceptors (Lipinski definition) is 6. The molecule has 0 radical (unpaired) electrons. The van der Waals surface area contributed by atoms with E-state index in [1.807, 2.05) is 0 Å². The molecule has 0 amide bonds. The van der Waals surface area contributed by atoms with Gasteiger partial charge in [0.2, 0.25) is 5.88 Å². The lowest BCUT2D eigenvalue weighted by molar-refractivity contribution is -0.108. The highest BCUT2D eigenvalue weighted by molar-refractivity contribution is 7.19. The Morgan fingerprint density at radius 3 is 2.74 bits per heavy atom. The molecule has 2 aromatic heterocycles. The lowest BCUT2D eigenvalue weighted by Gasteiger charge is -2.34. The van der Waals surface area contributed by atoms with E-state index < -0.39 is 0 Å². The van der Waals surface area contributed by atoms with Crippen LogP contribution >= 0.6 is 11.3 Å². The second-order valence-corrected chi connectivity index (χ2v) is 9.31. The number of aromatic nitrogens is 2. The first-order chi connectivity index (χ1) is 13.3. The van der Waals surface area contributed by atoms with Gasteiger partial charge in [-0.25, -0.2) is 9.97 Å². The van der Waals surface area contributed by atoms with Crippen molar-refractivity contribution in [2.45, 2.75) is 75.9 Å². The highest BCUT2D eigenvalue weighted by atomic mass is 32.1. The number of rotatable bonds is 5. The fraction of sp³-hybridized carbons (Fsp3) is 0.667. The summed E-state index contributed by atoms with van der Waals surface area (Å²) in [5.74, 6) is 1.06. The van der Waals surface area contributed by atoms with Crippen molar-refractivity contribution in [2.24, 2.45) is 0 Å². The van der Waals surface area contributed by atoms with Gasteiger partial charge in [-0.2, -0.15) is 0 Å². The van der Waals surface area contributed by atoms with E-state index in [1.165, 1.54) is 49.2 Å². The van der Waals surface area contributed by atoms with Crippen molar-refractivity contribution in [3.8, 4) is 5.88 Å². The molecule has 5 rings (SSSR count). The average Bonchev–Trinajstić information content (AvgIpc) is 3.40. The average molecular weight is 386 g/mol. The van der Waals surface area contributed by atoms with E-state index in [9.17, 15) is 4.79 Å². The molecule has 2 aliphatic carbocycles. The Morgan fingerprint density at radius 1 is 1.15 bits per heavy atom. The number of ether oxygens (including phenoxy) is 1. The molecule has 5 nitrogen and oxygen atoms in total. The molecule has 3 aliphatic rings. The van der Waals surface area contributed by atoms with Gasteiger partial charge in [-0.3, -0.25) is 0 Å². The van der Waals surface area contributed by atoms with E-state index >= 15 is 0 Å². The number of thiophene rings is 1. The van der Waals surface area contributed by atoms with Crippen LogP contribution in [0.5, 0.6) is 5.88 Å². The number of aldehydes is 1. The van der Waals surface area contributed by atoms with Crippen molar-refractivity contribution in [2.75, 3.05) is 13.1 Å². The zero-order chi connectivity index (χ0) is 18.2. The van der Waals surface area contributed by atoms with E-state index in [4.69, 9.17) is 4.74 Å². The molecule has 1 saturated heterocycles. The summed E-state index contributed by atoms with van der Waals surface area (Å²) >= 11 is 1.76. The highest BCUT2D eigenvalue weighted by Gasteiger charge is 2.32. The normalized spacial score (nSPS) is 28.5. The quantitative estimate of drug-likeness (QED) is 0.726. The number of carbonyl (C=O) groups is 1. The van der Waals surface area contributed by atoms with Gasteiger partial charge < -0.3 is 14.4 Å².